The molecule has 7 heteroatoms. The summed E-state index contributed by atoms with van der Waals surface area (Å²) < 4.78 is 5.21. The van der Waals surface area contributed by atoms with E-state index in [9.17, 15) is 9.59 Å². The highest BCUT2D eigenvalue weighted by Crippen LogP contribution is 2.18. The molecule has 1 fully saturated rings. The standard InChI is InChI=1S/C23H30N4O3/c1-17-6-4-9-21(18(17)2)25-22(28)16-26-10-12-27(13-11-26)23(29)24-15-19-7-5-8-20(14-19)30-3/h4-9,14H,10-13,15-16H2,1-3H3,(H,24,29)(H,25,28). The van der Waals surface area contributed by atoms with Crippen molar-refractivity contribution >= 4 is 17.6 Å². The Morgan fingerprint density at radius 3 is 2.50 bits per heavy atom. The Bertz CT molecular complexity index is 892. The smallest absolute Gasteiger partial charge is 0.317 e. The first-order valence-corrected chi connectivity index (χ1v) is 10.2. The Kier molecular flexibility index (Phi) is 7.30. The Morgan fingerprint density at radius 1 is 1.03 bits per heavy atom. The normalized spacial score (nSPS) is 14.3. The molecule has 1 aliphatic rings. The first kappa shape index (κ1) is 21.6. The molecule has 0 unspecified atom stereocenters. The van der Waals surface area contributed by atoms with Crippen molar-refractivity contribution in [2.75, 3.05) is 45.2 Å². The molecule has 0 bridgehead atoms. The number of methoxy groups -OCH3 is 1. The van der Waals surface area contributed by atoms with E-state index >= 15 is 0 Å². The Labute approximate surface area is 178 Å². The van der Waals surface area contributed by atoms with Crippen LogP contribution >= 0.6 is 0 Å². The second kappa shape index (κ2) is 10.1. The molecule has 2 aromatic carbocycles. The monoisotopic (exact) mass is 410 g/mol. The van der Waals surface area contributed by atoms with Crippen molar-refractivity contribution in [3.8, 4) is 5.75 Å². The van der Waals surface area contributed by atoms with Gasteiger partial charge in [-0.3, -0.25) is 9.69 Å². The fraction of sp³-hybridized carbons (Fsp3) is 0.391. The second-order valence-corrected chi connectivity index (χ2v) is 7.57. The van der Waals surface area contributed by atoms with Gasteiger partial charge in [0.25, 0.3) is 0 Å². The second-order valence-electron chi connectivity index (χ2n) is 7.57. The topological polar surface area (TPSA) is 73.9 Å². The van der Waals surface area contributed by atoms with Gasteiger partial charge in [0.15, 0.2) is 0 Å². The first-order chi connectivity index (χ1) is 14.5. The third kappa shape index (κ3) is 5.73. The van der Waals surface area contributed by atoms with E-state index in [0.29, 0.717) is 39.3 Å². The molecule has 1 heterocycles. The van der Waals surface area contributed by atoms with Crippen LogP contribution in [-0.4, -0.2) is 61.6 Å². The van der Waals surface area contributed by atoms with Gasteiger partial charge in [-0.15, -0.1) is 0 Å². The molecule has 1 saturated heterocycles. The summed E-state index contributed by atoms with van der Waals surface area (Å²) in [6, 6.07) is 13.5. The zero-order chi connectivity index (χ0) is 21.5. The number of nitrogens with zero attached hydrogens (tertiary/aromatic N) is 2. The molecule has 0 aromatic heterocycles. The lowest BCUT2D eigenvalue weighted by Crippen LogP contribution is -2.52. The van der Waals surface area contributed by atoms with Crippen LogP contribution in [0.3, 0.4) is 0 Å². The SMILES string of the molecule is COc1cccc(CNC(=O)N2CCN(CC(=O)Nc3cccc(C)c3C)CC2)c1. The van der Waals surface area contributed by atoms with Crippen LogP contribution in [-0.2, 0) is 11.3 Å². The number of urea groups is 1. The van der Waals surface area contributed by atoms with Crippen LogP contribution in [0.25, 0.3) is 0 Å². The van der Waals surface area contributed by atoms with Gasteiger partial charge in [0.05, 0.1) is 13.7 Å². The van der Waals surface area contributed by atoms with E-state index in [2.05, 4.69) is 15.5 Å². The van der Waals surface area contributed by atoms with Crippen molar-refractivity contribution in [3.05, 3.63) is 59.2 Å². The van der Waals surface area contributed by atoms with Crippen molar-refractivity contribution in [2.45, 2.75) is 20.4 Å². The number of benzene rings is 2. The number of hydrogen-bond acceptors (Lipinski definition) is 4. The summed E-state index contributed by atoms with van der Waals surface area (Å²) in [5, 5.41) is 5.95. The Balaban J connectivity index is 1.42. The van der Waals surface area contributed by atoms with E-state index in [4.69, 9.17) is 4.74 Å². The fourth-order valence-corrected chi connectivity index (χ4v) is 3.46. The molecule has 0 aliphatic carbocycles. The molecule has 0 spiro atoms. The molecule has 160 valence electrons. The number of hydrogen-bond donors (Lipinski definition) is 2. The predicted octanol–water partition coefficient (Wildman–Crippen LogP) is 2.78. The molecule has 30 heavy (non-hydrogen) atoms. The fourth-order valence-electron chi connectivity index (χ4n) is 3.46. The number of anilines is 1. The lowest BCUT2D eigenvalue weighted by molar-refractivity contribution is -0.117. The van der Waals surface area contributed by atoms with Crippen LogP contribution in [0.4, 0.5) is 10.5 Å². The molecular weight excluding hydrogens is 380 g/mol. The maximum absolute atomic E-state index is 12.5. The highest BCUT2D eigenvalue weighted by molar-refractivity contribution is 5.93. The number of rotatable bonds is 6. The number of carbonyl (C=O) groups is 2. The van der Waals surface area contributed by atoms with Gasteiger partial charge in [-0.1, -0.05) is 24.3 Å². The van der Waals surface area contributed by atoms with Gasteiger partial charge in [0, 0.05) is 38.4 Å². The molecule has 2 aromatic rings. The van der Waals surface area contributed by atoms with Crippen LogP contribution in [0.1, 0.15) is 16.7 Å². The summed E-state index contributed by atoms with van der Waals surface area (Å²) in [5.74, 6) is 0.745. The van der Waals surface area contributed by atoms with Crippen molar-refractivity contribution < 1.29 is 14.3 Å². The number of ether oxygens (including phenoxy) is 1. The summed E-state index contributed by atoms with van der Waals surface area (Å²) in [5.41, 5.74) is 4.09. The van der Waals surface area contributed by atoms with Gasteiger partial charge in [-0.25, -0.2) is 4.79 Å². The minimum Gasteiger partial charge on any atom is -0.497 e. The van der Waals surface area contributed by atoms with Gasteiger partial charge in [0.2, 0.25) is 5.91 Å². The van der Waals surface area contributed by atoms with Crippen molar-refractivity contribution in [1.29, 1.82) is 0 Å². The van der Waals surface area contributed by atoms with E-state index in [-0.39, 0.29) is 11.9 Å². The summed E-state index contributed by atoms with van der Waals surface area (Å²) in [6.07, 6.45) is 0. The number of amides is 3. The first-order valence-electron chi connectivity index (χ1n) is 10.2. The molecule has 3 amide bonds. The van der Waals surface area contributed by atoms with E-state index in [1.165, 1.54) is 0 Å². The summed E-state index contributed by atoms with van der Waals surface area (Å²) >= 11 is 0. The van der Waals surface area contributed by atoms with Gasteiger partial charge in [0.1, 0.15) is 5.75 Å². The maximum Gasteiger partial charge on any atom is 0.317 e. The van der Waals surface area contributed by atoms with E-state index in [0.717, 1.165) is 28.1 Å². The average molecular weight is 411 g/mol. The van der Waals surface area contributed by atoms with Gasteiger partial charge in [-0.2, -0.15) is 0 Å². The van der Waals surface area contributed by atoms with Gasteiger partial charge in [-0.05, 0) is 48.7 Å². The summed E-state index contributed by atoms with van der Waals surface area (Å²) in [7, 11) is 1.62. The molecule has 0 saturated carbocycles. The van der Waals surface area contributed by atoms with E-state index in [1.807, 2.05) is 56.3 Å². The van der Waals surface area contributed by atoms with Crippen molar-refractivity contribution in [3.63, 3.8) is 0 Å². The van der Waals surface area contributed by atoms with Crippen LogP contribution in [0.15, 0.2) is 42.5 Å². The third-order valence-electron chi connectivity index (χ3n) is 5.48. The molecule has 2 N–H and O–H groups in total. The lowest BCUT2D eigenvalue weighted by Gasteiger charge is -2.34. The number of nitrogens with one attached hydrogen (secondary N) is 2. The molecular formula is C23H30N4O3. The number of piperazine rings is 1. The third-order valence-corrected chi connectivity index (χ3v) is 5.48. The minimum atomic E-state index is -0.0858. The zero-order valence-corrected chi connectivity index (χ0v) is 17.9. The predicted molar refractivity (Wildman–Crippen MR) is 118 cm³/mol. The Hall–Kier alpha value is -3.06. The van der Waals surface area contributed by atoms with Crippen LogP contribution in [0, 0.1) is 13.8 Å². The van der Waals surface area contributed by atoms with Crippen LogP contribution in [0.5, 0.6) is 5.75 Å². The van der Waals surface area contributed by atoms with Gasteiger partial charge >= 0.3 is 6.03 Å². The minimum absolute atomic E-state index is 0.0281. The molecule has 1 aliphatic heterocycles. The summed E-state index contributed by atoms with van der Waals surface area (Å²) in [6.45, 7) is 7.36. The number of carbonyl (C=O) groups excluding carboxylic acids is 2. The van der Waals surface area contributed by atoms with Gasteiger partial charge < -0.3 is 20.3 Å². The van der Waals surface area contributed by atoms with Crippen molar-refractivity contribution in [2.24, 2.45) is 0 Å². The molecule has 0 radical (unpaired) electrons. The quantitative estimate of drug-likeness (QED) is 0.768. The largest absolute Gasteiger partial charge is 0.497 e. The Morgan fingerprint density at radius 2 is 1.77 bits per heavy atom. The maximum atomic E-state index is 12.5. The van der Waals surface area contributed by atoms with Crippen LogP contribution in [0.2, 0.25) is 0 Å². The van der Waals surface area contributed by atoms with Crippen LogP contribution < -0.4 is 15.4 Å². The van der Waals surface area contributed by atoms with E-state index < -0.39 is 0 Å². The molecule has 0 atom stereocenters. The average Bonchev–Trinajstić information content (AvgIpc) is 2.76. The zero-order valence-electron chi connectivity index (χ0n) is 17.9. The lowest BCUT2D eigenvalue weighted by atomic mass is 10.1. The van der Waals surface area contributed by atoms with E-state index in [1.54, 1.807) is 12.0 Å². The highest BCUT2D eigenvalue weighted by Gasteiger charge is 2.22. The molecule has 7 nitrogen and oxygen atoms in total. The number of aryl methyl sites for hydroxylation is 1. The summed E-state index contributed by atoms with van der Waals surface area (Å²) in [4.78, 5) is 28.7. The highest BCUT2D eigenvalue weighted by atomic mass is 16.5. The molecule has 3 rings (SSSR count). The van der Waals surface area contributed by atoms with Crippen molar-refractivity contribution in [1.82, 2.24) is 15.1 Å².